The Bertz CT molecular complexity index is 1680. The molecule has 3 amide bonds. The number of rotatable bonds is 9. The van der Waals surface area contributed by atoms with Gasteiger partial charge in [-0.25, -0.2) is 4.39 Å². The van der Waals surface area contributed by atoms with Crippen molar-refractivity contribution < 1.29 is 28.2 Å². The van der Waals surface area contributed by atoms with Gasteiger partial charge < -0.3 is 14.8 Å². The molecule has 1 heterocycles. The highest BCUT2D eigenvalue weighted by Gasteiger charge is 2.36. The van der Waals surface area contributed by atoms with E-state index in [0.29, 0.717) is 40.4 Å². The van der Waals surface area contributed by atoms with Gasteiger partial charge in [-0.1, -0.05) is 52.3 Å². The van der Waals surface area contributed by atoms with Gasteiger partial charge in [0.15, 0.2) is 11.5 Å². The maximum absolute atomic E-state index is 13.1. The molecule has 1 N–H and O–H groups in total. The summed E-state index contributed by atoms with van der Waals surface area (Å²) in [4.78, 5) is 39.0. The third-order valence-electron chi connectivity index (χ3n) is 6.16. The van der Waals surface area contributed by atoms with Crippen molar-refractivity contribution in [1.82, 2.24) is 4.90 Å². The van der Waals surface area contributed by atoms with Crippen LogP contribution < -0.4 is 14.8 Å². The standard InChI is InChI=1S/C31H24BrFN2O5S/c1-2-39-26-14-22(25(32)16-27(26)40-18-19-7-8-20-5-3-4-6-21(20)13-19)15-28-30(37)35(31(38)41-28)17-29(36)34-24-11-9-23(33)10-12-24/h3-16H,2,17-18H2,1H3,(H,34,36)/b28-15-. The van der Waals surface area contributed by atoms with E-state index in [1.807, 2.05) is 25.1 Å². The molecule has 0 atom stereocenters. The maximum atomic E-state index is 13.1. The van der Waals surface area contributed by atoms with Gasteiger partial charge >= 0.3 is 0 Å². The number of carbonyl (C=O) groups is 3. The van der Waals surface area contributed by atoms with E-state index in [1.165, 1.54) is 24.3 Å². The number of imide groups is 1. The molecule has 0 saturated carbocycles. The molecular weight excluding hydrogens is 611 g/mol. The van der Waals surface area contributed by atoms with Crippen LogP contribution in [0.1, 0.15) is 18.1 Å². The molecule has 4 aromatic carbocycles. The lowest BCUT2D eigenvalue weighted by atomic mass is 10.1. The molecule has 0 bridgehead atoms. The van der Waals surface area contributed by atoms with Gasteiger partial charge in [-0.2, -0.15) is 0 Å². The zero-order chi connectivity index (χ0) is 28.9. The van der Waals surface area contributed by atoms with E-state index in [-0.39, 0.29) is 4.91 Å². The summed E-state index contributed by atoms with van der Waals surface area (Å²) in [5, 5.41) is 4.26. The van der Waals surface area contributed by atoms with Crippen LogP contribution in [0.4, 0.5) is 14.9 Å². The zero-order valence-corrected chi connectivity index (χ0v) is 24.3. The Kier molecular flexibility index (Phi) is 8.70. The predicted octanol–water partition coefficient (Wildman–Crippen LogP) is 7.39. The highest BCUT2D eigenvalue weighted by molar-refractivity contribution is 9.10. The van der Waals surface area contributed by atoms with E-state index in [4.69, 9.17) is 9.47 Å². The van der Waals surface area contributed by atoms with Crippen molar-refractivity contribution in [2.75, 3.05) is 18.5 Å². The van der Waals surface area contributed by atoms with Gasteiger partial charge in [-0.05, 0) is 89.1 Å². The monoisotopic (exact) mass is 634 g/mol. The number of ether oxygens (including phenoxy) is 2. The van der Waals surface area contributed by atoms with Crippen LogP contribution in [0.2, 0.25) is 0 Å². The summed E-state index contributed by atoms with van der Waals surface area (Å²) < 4.78 is 25.7. The molecule has 0 aliphatic carbocycles. The summed E-state index contributed by atoms with van der Waals surface area (Å²) in [6.45, 7) is 2.12. The summed E-state index contributed by atoms with van der Waals surface area (Å²) in [7, 11) is 0. The van der Waals surface area contributed by atoms with Gasteiger partial charge in [-0.15, -0.1) is 0 Å². The Balaban J connectivity index is 1.30. The third kappa shape index (κ3) is 6.78. The average molecular weight is 636 g/mol. The molecular formula is C31H24BrFN2O5S. The number of hydrogen-bond acceptors (Lipinski definition) is 6. The second-order valence-corrected chi connectivity index (χ2v) is 10.9. The fourth-order valence-electron chi connectivity index (χ4n) is 4.19. The van der Waals surface area contributed by atoms with E-state index >= 15 is 0 Å². The fourth-order valence-corrected chi connectivity index (χ4v) is 5.45. The Labute approximate surface area is 248 Å². The number of fused-ring (bicyclic) bond motifs is 1. The molecule has 5 rings (SSSR count). The van der Waals surface area contributed by atoms with Crippen LogP contribution in [-0.4, -0.2) is 35.1 Å². The molecule has 1 aliphatic rings. The number of halogens is 2. The topological polar surface area (TPSA) is 84.9 Å². The second-order valence-electron chi connectivity index (χ2n) is 9.05. The highest BCUT2D eigenvalue weighted by Crippen LogP contribution is 2.38. The molecule has 0 unspecified atom stereocenters. The number of carbonyl (C=O) groups excluding carboxylic acids is 3. The smallest absolute Gasteiger partial charge is 0.294 e. The Morgan fingerprint density at radius 1 is 0.976 bits per heavy atom. The average Bonchev–Trinajstić information content (AvgIpc) is 3.22. The highest BCUT2D eigenvalue weighted by atomic mass is 79.9. The minimum absolute atomic E-state index is 0.164. The van der Waals surface area contributed by atoms with E-state index in [0.717, 1.165) is 33.0 Å². The molecule has 7 nitrogen and oxygen atoms in total. The zero-order valence-electron chi connectivity index (χ0n) is 21.9. The number of thioether (sulfide) groups is 1. The van der Waals surface area contributed by atoms with E-state index < -0.39 is 29.4 Å². The summed E-state index contributed by atoms with van der Waals surface area (Å²) >= 11 is 4.28. The number of amides is 3. The second kappa shape index (κ2) is 12.6. The van der Waals surface area contributed by atoms with E-state index in [1.54, 1.807) is 18.2 Å². The Morgan fingerprint density at radius 3 is 2.46 bits per heavy atom. The number of benzene rings is 4. The van der Waals surface area contributed by atoms with Crippen LogP contribution in [0.25, 0.3) is 16.8 Å². The molecule has 10 heteroatoms. The lowest BCUT2D eigenvalue weighted by Gasteiger charge is -2.15. The molecule has 1 fully saturated rings. The number of hydrogen-bond donors (Lipinski definition) is 1. The molecule has 0 radical (unpaired) electrons. The predicted molar refractivity (Wildman–Crippen MR) is 161 cm³/mol. The van der Waals surface area contributed by atoms with E-state index in [2.05, 4.69) is 45.5 Å². The lowest BCUT2D eigenvalue weighted by molar-refractivity contribution is -0.127. The van der Waals surface area contributed by atoms with Crippen molar-refractivity contribution in [3.05, 3.63) is 105 Å². The van der Waals surface area contributed by atoms with Crippen molar-refractivity contribution in [3.8, 4) is 11.5 Å². The van der Waals surface area contributed by atoms with Gasteiger partial charge in [0.2, 0.25) is 5.91 Å². The molecule has 0 spiro atoms. The largest absolute Gasteiger partial charge is 0.490 e. The lowest BCUT2D eigenvalue weighted by Crippen LogP contribution is -2.36. The van der Waals surface area contributed by atoms with Crippen LogP contribution in [0.5, 0.6) is 11.5 Å². The van der Waals surface area contributed by atoms with Crippen LogP contribution in [0, 0.1) is 5.82 Å². The molecule has 4 aromatic rings. The van der Waals surface area contributed by atoms with Crippen molar-refractivity contribution in [2.45, 2.75) is 13.5 Å². The SMILES string of the molecule is CCOc1cc(/C=C2\SC(=O)N(CC(=O)Nc3ccc(F)cc3)C2=O)c(Br)cc1OCc1ccc2ccccc2c1. The molecule has 1 aliphatic heterocycles. The van der Waals surface area contributed by atoms with Gasteiger partial charge in [0.05, 0.1) is 11.5 Å². The normalized spacial score (nSPS) is 14.1. The van der Waals surface area contributed by atoms with Crippen molar-refractivity contribution in [3.63, 3.8) is 0 Å². The summed E-state index contributed by atoms with van der Waals surface area (Å²) in [5.74, 6) is -0.596. The fraction of sp³-hybridized carbons (Fsp3) is 0.129. The van der Waals surface area contributed by atoms with Crippen molar-refractivity contribution in [1.29, 1.82) is 0 Å². The summed E-state index contributed by atoms with van der Waals surface area (Å²) in [6.07, 6.45) is 1.57. The summed E-state index contributed by atoms with van der Waals surface area (Å²) in [6, 6.07) is 22.9. The third-order valence-corrected chi connectivity index (χ3v) is 7.76. The molecule has 0 aromatic heterocycles. The van der Waals surface area contributed by atoms with Gasteiger partial charge in [0.25, 0.3) is 11.1 Å². The number of nitrogens with one attached hydrogen (secondary N) is 1. The van der Waals surface area contributed by atoms with Gasteiger partial charge in [-0.3, -0.25) is 19.3 Å². The Hall–Kier alpha value is -4.15. The molecule has 208 valence electrons. The first-order valence-corrected chi connectivity index (χ1v) is 14.3. The van der Waals surface area contributed by atoms with E-state index in [9.17, 15) is 18.8 Å². The molecule has 41 heavy (non-hydrogen) atoms. The Morgan fingerprint density at radius 2 is 1.71 bits per heavy atom. The minimum atomic E-state index is -0.587. The number of nitrogens with zero attached hydrogens (tertiary/aromatic N) is 1. The van der Waals surface area contributed by atoms with Crippen molar-refractivity contribution >= 4 is 67.3 Å². The first-order valence-electron chi connectivity index (χ1n) is 12.7. The van der Waals surface area contributed by atoms with Crippen molar-refractivity contribution in [2.24, 2.45) is 0 Å². The quantitative estimate of drug-likeness (QED) is 0.193. The van der Waals surface area contributed by atoms with Crippen LogP contribution in [0.15, 0.2) is 88.2 Å². The van der Waals surface area contributed by atoms with Gasteiger partial charge in [0, 0.05) is 10.2 Å². The minimum Gasteiger partial charge on any atom is -0.490 e. The van der Waals surface area contributed by atoms with Crippen LogP contribution in [-0.2, 0) is 16.2 Å². The molecule has 1 saturated heterocycles. The number of anilines is 1. The maximum Gasteiger partial charge on any atom is 0.294 e. The van der Waals surface area contributed by atoms with Crippen LogP contribution in [0.3, 0.4) is 0 Å². The van der Waals surface area contributed by atoms with Crippen LogP contribution >= 0.6 is 27.7 Å². The summed E-state index contributed by atoms with van der Waals surface area (Å²) in [5.41, 5.74) is 1.96. The van der Waals surface area contributed by atoms with Gasteiger partial charge in [0.1, 0.15) is 19.0 Å². The first-order chi connectivity index (χ1) is 19.8. The first kappa shape index (κ1) is 28.4.